The van der Waals surface area contributed by atoms with Gasteiger partial charge in [-0.3, -0.25) is 9.48 Å². The van der Waals surface area contributed by atoms with Crippen LogP contribution in [0.1, 0.15) is 62.2 Å². The van der Waals surface area contributed by atoms with Gasteiger partial charge in [-0.15, -0.1) is 0 Å². The molecule has 5 heteroatoms. The Bertz CT molecular complexity index is 502. The third-order valence-corrected chi connectivity index (χ3v) is 4.82. The molecule has 5 nitrogen and oxygen atoms in total. The molecule has 2 aliphatic rings. The number of amides is 1. The van der Waals surface area contributed by atoms with Crippen molar-refractivity contribution in [3.05, 3.63) is 17.5 Å². The highest BCUT2D eigenvalue weighted by Gasteiger charge is 2.33. The fourth-order valence-electron chi connectivity index (χ4n) is 3.68. The van der Waals surface area contributed by atoms with E-state index in [9.17, 15) is 4.79 Å². The minimum absolute atomic E-state index is 0.0936. The number of nitrogens with one attached hydrogen (secondary N) is 1. The van der Waals surface area contributed by atoms with E-state index in [2.05, 4.69) is 10.4 Å². The monoisotopic (exact) mass is 276 g/mol. The van der Waals surface area contributed by atoms with E-state index < -0.39 is 0 Å². The summed E-state index contributed by atoms with van der Waals surface area (Å²) in [7, 11) is 1.97. The van der Waals surface area contributed by atoms with Gasteiger partial charge in [-0.1, -0.05) is 12.8 Å². The summed E-state index contributed by atoms with van der Waals surface area (Å²) in [5.41, 5.74) is 8.46. The lowest BCUT2D eigenvalue weighted by atomic mass is 9.91. The molecule has 1 saturated carbocycles. The van der Waals surface area contributed by atoms with Crippen molar-refractivity contribution in [2.24, 2.45) is 12.8 Å². The van der Waals surface area contributed by atoms with E-state index in [0.29, 0.717) is 6.42 Å². The smallest absolute Gasteiger partial charge is 0.222 e. The van der Waals surface area contributed by atoms with Gasteiger partial charge in [-0.05, 0) is 32.1 Å². The van der Waals surface area contributed by atoms with E-state index in [0.717, 1.165) is 44.9 Å². The molecule has 1 aromatic heterocycles. The molecule has 1 amide bonds. The number of carbonyl (C=O) groups is 1. The predicted octanol–water partition coefficient (Wildman–Crippen LogP) is 1.58. The van der Waals surface area contributed by atoms with Crippen LogP contribution >= 0.6 is 0 Å². The number of aromatic nitrogens is 2. The van der Waals surface area contributed by atoms with Gasteiger partial charge in [0.05, 0.1) is 12.2 Å². The molecule has 0 aliphatic heterocycles. The van der Waals surface area contributed by atoms with Gasteiger partial charge < -0.3 is 11.1 Å². The number of nitrogens with zero attached hydrogens (tertiary/aromatic N) is 2. The summed E-state index contributed by atoms with van der Waals surface area (Å²) in [4.78, 5) is 12.3. The first-order chi connectivity index (χ1) is 9.57. The first-order valence-corrected chi connectivity index (χ1v) is 7.66. The van der Waals surface area contributed by atoms with Gasteiger partial charge in [-0.25, -0.2) is 0 Å². The number of aryl methyl sites for hydroxylation is 1. The zero-order valence-corrected chi connectivity index (χ0v) is 12.2. The summed E-state index contributed by atoms with van der Waals surface area (Å²) in [6, 6.07) is 0.116. The number of carbonyl (C=O) groups excluding carboxylic acids is 1. The standard InChI is InChI=1S/C15H24N4O/c1-19-13-6-4-5-12(11(13)10-17-19)18-14(20)9-15(16)7-2-3-8-15/h10,12H,2-9,16H2,1H3,(H,18,20). The molecule has 1 aromatic rings. The van der Waals surface area contributed by atoms with Crippen LogP contribution in [-0.4, -0.2) is 21.2 Å². The molecule has 0 bridgehead atoms. The van der Waals surface area contributed by atoms with Crippen LogP contribution in [0, 0.1) is 0 Å². The van der Waals surface area contributed by atoms with Crippen molar-refractivity contribution < 1.29 is 4.79 Å². The number of hydrogen-bond acceptors (Lipinski definition) is 3. The Morgan fingerprint density at radius 2 is 2.25 bits per heavy atom. The van der Waals surface area contributed by atoms with Crippen LogP contribution < -0.4 is 11.1 Å². The van der Waals surface area contributed by atoms with Crippen molar-refractivity contribution in [2.45, 2.75) is 62.9 Å². The van der Waals surface area contributed by atoms with E-state index in [4.69, 9.17) is 5.73 Å². The van der Waals surface area contributed by atoms with Gasteiger partial charge in [0, 0.05) is 30.3 Å². The average molecular weight is 276 g/mol. The molecule has 1 atom stereocenters. The highest BCUT2D eigenvalue weighted by atomic mass is 16.1. The first-order valence-electron chi connectivity index (χ1n) is 7.66. The van der Waals surface area contributed by atoms with Crippen molar-refractivity contribution in [2.75, 3.05) is 0 Å². The Balaban J connectivity index is 1.65. The summed E-state index contributed by atoms with van der Waals surface area (Å²) < 4.78 is 1.93. The maximum atomic E-state index is 12.3. The molecular weight excluding hydrogens is 252 g/mol. The molecule has 2 aliphatic carbocycles. The molecule has 1 fully saturated rings. The van der Waals surface area contributed by atoms with E-state index >= 15 is 0 Å². The minimum Gasteiger partial charge on any atom is -0.349 e. The second kappa shape index (κ2) is 5.20. The SMILES string of the molecule is Cn1ncc2c1CCCC2NC(=O)CC1(N)CCCC1. The normalized spacial score (nSPS) is 24.4. The topological polar surface area (TPSA) is 72.9 Å². The number of fused-ring (bicyclic) bond motifs is 1. The molecule has 0 saturated heterocycles. The quantitative estimate of drug-likeness (QED) is 0.880. The lowest BCUT2D eigenvalue weighted by Crippen LogP contribution is -2.43. The highest BCUT2D eigenvalue weighted by molar-refractivity contribution is 5.77. The lowest BCUT2D eigenvalue weighted by molar-refractivity contribution is -0.123. The van der Waals surface area contributed by atoms with Crippen LogP contribution in [0.15, 0.2) is 6.20 Å². The summed E-state index contributed by atoms with van der Waals surface area (Å²) in [6.07, 6.45) is 9.77. The van der Waals surface area contributed by atoms with E-state index in [1.165, 1.54) is 11.3 Å². The Hall–Kier alpha value is -1.36. The molecule has 3 rings (SSSR count). The third-order valence-electron chi connectivity index (χ3n) is 4.82. The Labute approximate surface area is 119 Å². The van der Waals surface area contributed by atoms with E-state index in [-0.39, 0.29) is 17.5 Å². The molecule has 110 valence electrons. The molecule has 1 unspecified atom stereocenters. The van der Waals surface area contributed by atoms with E-state index in [1.54, 1.807) is 0 Å². The van der Waals surface area contributed by atoms with Gasteiger partial charge in [0.25, 0.3) is 0 Å². The van der Waals surface area contributed by atoms with Gasteiger partial charge in [-0.2, -0.15) is 5.10 Å². The van der Waals surface area contributed by atoms with Crippen LogP contribution in [0.3, 0.4) is 0 Å². The Morgan fingerprint density at radius 1 is 1.50 bits per heavy atom. The fraction of sp³-hybridized carbons (Fsp3) is 0.733. The largest absolute Gasteiger partial charge is 0.349 e. The van der Waals surface area contributed by atoms with E-state index in [1.807, 2.05) is 17.9 Å². The summed E-state index contributed by atoms with van der Waals surface area (Å²) >= 11 is 0. The molecule has 0 radical (unpaired) electrons. The van der Waals surface area contributed by atoms with Crippen molar-refractivity contribution in [1.29, 1.82) is 0 Å². The van der Waals surface area contributed by atoms with Crippen molar-refractivity contribution in [3.63, 3.8) is 0 Å². The van der Waals surface area contributed by atoms with Gasteiger partial charge in [0.2, 0.25) is 5.91 Å². The molecule has 1 heterocycles. The minimum atomic E-state index is -0.267. The molecule has 3 N–H and O–H groups in total. The molecule has 20 heavy (non-hydrogen) atoms. The lowest BCUT2D eigenvalue weighted by Gasteiger charge is -2.27. The number of nitrogens with two attached hydrogens (primary N) is 1. The first kappa shape index (κ1) is 13.6. The maximum absolute atomic E-state index is 12.3. The second-order valence-electron chi connectivity index (χ2n) is 6.43. The highest BCUT2D eigenvalue weighted by Crippen LogP contribution is 2.32. The molecule has 0 spiro atoms. The van der Waals surface area contributed by atoms with Crippen LogP contribution in [0.2, 0.25) is 0 Å². The number of rotatable bonds is 3. The van der Waals surface area contributed by atoms with Crippen LogP contribution in [0.5, 0.6) is 0 Å². The zero-order chi connectivity index (χ0) is 14.2. The maximum Gasteiger partial charge on any atom is 0.222 e. The van der Waals surface area contributed by atoms with Gasteiger partial charge >= 0.3 is 0 Å². The summed E-state index contributed by atoms with van der Waals surface area (Å²) in [5.74, 6) is 0.0936. The fourth-order valence-corrected chi connectivity index (χ4v) is 3.68. The summed E-state index contributed by atoms with van der Waals surface area (Å²) in [6.45, 7) is 0. The average Bonchev–Trinajstić information content (AvgIpc) is 2.98. The Morgan fingerprint density at radius 3 is 3.00 bits per heavy atom. The third kappa shape index (κ3) is 2.59. The van der Waals surface area contributed by atoms with Crippen molar-refractivity contribution >= 4 is 5.91 Å². The van der Waals surface area contributed by atoms with Crippen molar-refractivity contribution in [3.8, 4) is 0 Å². The number of hydrogen-bond donors (Lipinski definition) is 2. The predicted molar refractivity (Wildman–Crippen MR) is 77.0 cm³/mol. The van der Waals surface area contributed by atoms with Gasteiger partial charge in [0.1, 0.15) is 0 Å². The van der Waals surface area contributed by atoms with Crippen LogP contribution in [0.4, 0.5) is 0 Å². The zero-order valence-electron chi connectivity index (χ0n) is 12.2. The molecular formula is C15H24N4O. The second-order valence-corrected chi connectivity index (χ2v) is 6.43. The Kier molecular flexibility index (Phi) is 3.54. The molecule has 0 aromatic carbocycles. The van der Waals surface area contributed by atoms with Gasteiger partial charge in [0.15, 0.2) is 0 Å². The summed E-state index contributed by atoms with van der Waals surface area (Å²) in [5, 5.41) is 7.48. The van der Waals surface area contributed by atoms with Crippen LogP contribution in [0.25, 0.3) is 0 Å². The van der Waals surface area contributed by atoms with Crippen LogP contribution in [-0.2, 0) is 18.3 Å². The van der Waals surface area contributed by atoms with Crippen molar-refractivity contribution in [1.82, 2.24) is 15.1 Å².